The normalized spacial score (nSPS) is 17.4. The summed E-state index contributed by atoms with van der Waals surface area (Å²) in [5.41, 5.74) is 0. The third-order valence-corrected chi connectivity index (χ3v) is 2.38. The maximum absolute atomic E-state index is 11.3. The summed E-state index contributed by atoms with van der Waals surface area (Å²) >= 11 is 0. The monoisotopic (exact) mass is 307 g/mol. The molecule has 2 N–H and O–H groups in total. The maximum atomic E-state index is 11.3. The van der Waals surface area contributed by atoms with Crippen molar-refractivity contribution in [2.24, 2.45) is 0 Å². The van der Waals surface area contributed by atoms with Crippen molar-refractivity contribution in [3.05, 3.63) is 0 Å². The van der Waals surface area contributed by atoms with E-state index in [0.29, 0.717) is 26.4 Å². The minimum Gasteiger partial charge on any atom is -0.460 e. The molecule has 1 aliphatic rings. The summed E-state index contributed by atoms with van der Waals surface area (Å²) < 4.78 is 24.9. The summed E-state index contributed by atoms with van der Waals surface area (Å²) in [6.07, 6.45) is -0.948. The zero-order chi connectivity index (χ0) is 15.3. The molecule has 21 heavy (non-hydrogen) atoms. The molecule has 122 valence electrons. The number of esters is 1. The molecule has 0 saturated carbocycles. The molecule has 1 aliphatic heterocycles. The third kappa shape index (κ3) is 9.19. The van der Waals surface area contributed by atoms with E-state index in [2.05, 4.69) is 5.32 Å². The van der Waals surface area contributed by atoms with Crippen LogP contribution in [0.2, 0.25) is 0 Å². The highest BCUT2D eigenvalue weighted by Gasteiger charge is 2.23. The topological polar surface area (TPSA) is 113 Å². The van der Waals surface area contributed by atoms with Gasteiger partial charge in [-0.25, -0.2) is 9.59 Å². The lowest BCUT2D eigenvalue weighted by molar-refractivity contribution is -0.151. The molecule has 9 nitrogen and oxygen atoms in total. The summed E-state index contributed by atoms with van der Waals surface area (Å²) in [6.45, 7) is 1.83. The molecule has 9 heteroatoms. The Hall–Kier alpha value is -1.42. The highest BCUT2D eigenvalue weighted by molar-refractivity contribution is 5.71. The SMILES string of the molecule is O=C(COCCOCCOCCO)OC[C@@H]1CNC(=O)O1. The van der Waals surface area contributed by atoms with Crippen LogP contribution in [0.1, 0.15) is 0 Å². The fourth-order valence-electron chi connectivity index (χ4n) is 1.41. The molecule has 0 bridgehead atoms. The second kappa shape index (κ2) is 11.3. The highest BCUT2D eigenvalue weighted by Crippen LogP contribution is 2.00. The van der Waals surface area contributed by atoms with Gasteiger partial charge in [0.15, 0.2) is 6.10 Å². The van der Waals surface area contributed by atoms with Gasteiger partial charge in [-0.05, 0) is 0 Å². The van der Waals surface area contributed by atoms with Crippen molar-refractivity contribution in [1.29, 1.82) is 0 Å². The molecular formula is C12H21NO8. The average molecular weight is 307 g/mol. The number of amides is 1. The lowest BCUT2D eigenvalue weighted by atomic mass is 10.4. The van der Waals surface area contributed by atoms with E-state index < -0.39 is 18.2 Å². The van der Waals surface area contributed by atoms with Crippen LogP contribution in [0.5, 0.6) is 0 Å². The van der Waals surface area contributed by atoms with Crippen molar-refractivity contribution in [2.45, 2.75) is 6.10 Å². The number of nitrogens with one attached hydrogen (secondary N) is 1. The lowest BCUT2D eigenvalue weighted by Crippen LogP contribution is -2.24. The first kappa shape index (κ1) is 17.6. The largest absolute Gasteiger partial charge is 0.460 e. The number of ether oxygens (including phenoxy) is 5. The fraction of sp³-hybridized carbons (Fsp3) is 0.833. The van der Waals surface area contributed by atoms with Gasteiger partial charge in [0.05, 0.1) is 46.2 Å². The molecule has 0 spiro atoms. The lowest BCUT2D eigenvalue weighted by Gasteiger charge is -2.09. The number of hydrogen-bond donors (Lipinski definition) is 2. The summed E-state index contributed by atoms with van der Waals surface area (Å²) in [4.78, 5) is 22.0. The number of aliphatic hydroxyl groups excluding tert-OH is 1. The van der Waals surface area contributed by atoms with Crippen molar-refractivity contribution >= 4 is 12.1 Å². The van der Waals surface area contributed by atoms with Crippen molar-refractivity contribution < 1.29 is 38.4 Å². The molecular weight excluding hydrogens is 286 g/mol. The molecule has 1 atom stereocenters. The molecule has 0 aromatic rings. The van der Waals surface area contributed by atoms with E-state index in [-0.39, 0.29) is 33.0 Å². The highest BCUT2D eigenvalue weighted by atomic mass is 16.6. The number of hydrogen-bond acceptors (Lipinski definition) is 8. The number of carbonyl (C=O) groups excluding carboxylic acids is 2. The zero-order valence-electron chi connectivity index (χ0n) is 11.7. The Bertz CT molecular complexity index is 312. The Kier molecular flexibility index (Phi) is 9.46. The number of rotatable bonds is 12. The van der Waals surface area contributed by atoms with E-state index in [0.717, 1.165) is 0 Å². The number of alkyl carbamates (subject to hydrolysis) is 1. The number of cyclic esters (lactones) is 1. The Morgan fingerprint density at radius 1 is 1.19 bits per heavy atom. The Morgan fingerprint density at radius 3 is 2.48 bits per heavy atom. The molecule has 1 saturated heterocycles. The molecule has 0 radical (unpaired) electrons. The average Bonchev–Trinajstić information content (AvgIpc) is 2.89. The predicted molar refractivity (Wildman–Crippen MR) is 68.8 cm³/mol. The summed E-state index contributed by atoms with van der Waals surface area (Å²) in [6, 6.07) is 0. The Labute approximate surface area is 122 Å². The summed E-state index contributed by atoms with van der Waals surface area (Å²) in [7, 11) is 0. The van der Waals surface area contributed by atoms with Crippen molar-refractivity contribution in [3.8, 4) is 0 Å². The second-order valence-corrected chi connectivity index (χ2v) is 4.09. The van der Waals surface area contributed by atoms with Crippen LogP contribution in [0.3, 0.4) is 0 Å². The minimum atomic E-state index is -0.524. The van der Waals surface area contributed by atoms with E-state index in [1.165, 1.54) is 0 Å². The molecule has 0 aromatic carbocycles. The van der Waals surface area contributed by atoms with Crippen molar-refractivity contribution in [3.63, 3.8) is 0 Å². The molecule has 1 heterocycles. The van der Waals surface area contributed by atoms with Gasteiger partial charge in [0, 0.05) is 0 Å². The van der Waals surface area contributed by atoms with E-state index in [1.807, 2.05) is 0 Å². The van der Waals surface area contributed by atoms with Crippen LogP contribution in [0.25, 0.3) is 0 Å². The minimum absolute atomic E-state index is 0.0126. The van der Waals surface area contributed by atoms with Gasteiger partial charge >= 0.3 is 12.1 Å². The van der Waals surface area contributed by atoms with Gasteiger partial charge in [0.2, 0.25) is 0 Å². The molecule has 1 fully saturated rings. The van der Waals surface area contributed by atoms with Crippen molar-refractivity contribution in [2.75, 3.05) is 59.4 Å². The van der Waals surface area contributed by atoms with Gasteiger partial charge < -0.3 is 34.1 Å². The first-order chi connectivity index (χ1) is 10.2. The van der Waals surface area contributed by atoms with Gasteiger partial charge in [-0.15, -0.1) is 0 Å². The Morgan fingerprint density at radius 2 is 1.86 bits per heavy atom. The number of aliphatic hydroxyl groups is 1. The quantitative estimate of drug-likeness (QED) is 0.337. The first-order valence-corrected chi connectivity index (χ1v) is 6.66. The molecule has 0 aliphatic carbocycles. The van der Waals surface area contributed by atoms with Gasteiger partial charge in [-0.1, -0.05) is 0 Å². The molecule has 1 rings (SSSR count). The number of carbonyl (C=O) groups is 2. The van der Waals surface area contributed by atoms with Crippen LogP contribution in [-0.2, 0) is 28.5 Å². The van der Waals surface area contributed by atoms with Gasteiger partial charge in [0.1, 0.15) is 13.2 Å². The van der Waals surface area contributed by atoms with Crippen LogP contribution in [0.15, 0.2) is 0 Å². The molecule has 1 amide bonds. The van der Waals surface area contributed by atoms with E-state index >= 15 is 0 Å². The Balaban J connectivity index is 1.84. The smallest absolute Gasteiger partial charge is 0.407 e. The predicted octanol–water partition coefficient (Wildman–Crippen LogP) is -1.32. The zero-order valence-corrected chi connectivity index (χ0v) is 11.7. The summed E-state index contributed by atoms with van der Waals surface area (Å²) in [5.74, 6) is -0.524. The van der Waals surface area contributed by atoms with Gasteiger partial charge in [-0.3, -0.25) is 0 Å². The van der Waals surface area contributed by atoms with Gasteiger partial charge in [0.25, 0.3) is 0 Å². The van der Waals surface area contributed by atoms with E-state index in [4.69, 9.17) is 28.8 Å². The second-order valence-electron chi connectivity index (χ2n) is 4.09. The van der Waals surface area contributed by atoms with Crippen LogP contribution in [-0.4, -0.2) is 82.7 Å². The summed E-state index contributed by atoms with van der Waals surface area (Å²) in [5, 5.41) is 10.9. The van der Waals surface area contributed by atoms with Crippen LogP contribution in [0.4, 0.5) is 4.79 Å². The molecule has 0 aromatic heterocycles. The standard InChI is InChI=1S/C12H21NO8/c14-1-2-17-3-4-18-5-6-19-9-11(15)20-8-10-7-13-12(16)21-10/h10,14H,1-9H2,(H,13,16)/t10-/m0/s1. The van der Waals surface area contributed by atoms with Crippen molar-refractivity contribution in [1.82, 2.24) is 5.32 Å². The van der Waals surface area contributed by atoms with Crippen LogP contribution in [0, 0.1) is 0 Å². The van der Waals surface area contributed by atoms with E-state index in [9.17, 15) is 9.59 Å². The fourth-order valence-corrected chi connectivity index (χ4v) is 1.41. The van der Waals surface area contributed by atoms with Crippen LogP contribution >= 0.6 is 0 Å². The first-order valence-electron chi connectivity index (χ1n) is 6.66. The van der Waals surface area contributed by atoms with Crippen LogP contribution < -0.4 is 5.32 Å². The van der Waals surface area contributed by atoms with E-state index in [1.54, 1.807) is 0 Å². The third-order valence-electron chi connectivity index (χ3n) is 2.38. The van der Waals surface area contributed by atoms with Gasteiger partial charge in [-0.2, -0.15) is 0 Å². The maximum Gasteiger partial charge on any atom is 0.407 e. The molecule has 0 unspecified atom stereocenters.